The molecule has 0 saturated carbocycles. The Bertz CT molecular complexity index is 318. The van der Waals surface area contributed by atoms with Gasteiger partial charge in [-0.2, -0.15) is 13.2 Å². The van der Waals surface area contributed by atoms with Gasteiger partial charge >= 0.3 is 6.18 Å². The highest BCUT2D eigenvalue weighted by atomic mass is 32.2. The second-order valence-corrected chi connectivity index (χ2v) is 3.94. The highest BCUT2D eigenvalue weighted by molar-refractivity contribution is 7.98. The molecule has 0 aromatic heterocycles. The van der Waals surface area contributed by atoms with Crippen LogP contribution < -0.4 is 0 Å². The maximum atomic E-state index is 12.1. The van der Waals surface area contributed by atoms with Gasteiger partial charge in [0.05, 0.1) is 6.42 Å². The van der Waals surface area contributed by atoms with Crippen molar-refractivity contribution >= 4 is 11.8 Å². The minimum atomic E-state index is -4.12. The smallest absolute Gasteiger partial charge is 0.171 e. The Morgan fingerprint density at radius 3 is 2.36 bits per heavy atom. The molecule has 0 aliphatic heterocycles. The number of aryl methyl sites for hydroxylation is 1. The van der Waals surface area contributed by atoms with E-state index in [2.05, 4.69) is 0 Å². The predicted octanol–water partition coefficient (Wildman–Crippen LogP) is 3.82. The van der Waals surface area contributed by atoms with E-state index in [1.807, 2.05) is 13.2 Å². The average Bonchev–Trinajstić information content (AvgIpc) is 2.01. The minimum absolute atomic E-state index is 0.327. The van der Waals surface area contributed by atoms with E-state index in [1.165, 1.54) is 6.07 Å². The van der Waals surface area contributed by atoms with E-state index in [1.54, 1.807) is 23.9 Å². The third-order valence-corrected chi connectivity index (χ3v) is 2.76. The van der Waals surface area contributed by atoms with Gasteiger partial charge in [0.1, 0.15) is 0 Å². The summed E-state index contributed by atoms with van der Waals surface area (Å²) in [5, 5.41) is 0. The fraction of sp³-hybridized carbons (Fsp3) is 0.400. The van der Waals surface area contributed by atoms with E-state index in [0.717, 1.165) is 10.5 Å². The quantitative estimate of drug-likeness (QED) is 0.683. The molecule has 0 aliphatic rings. The molecular weight excluding hydrogens is 209 g/mol. The first kappa shape index (κ1) is 11.4. The molecule has 0 nitrogen and oxygen atoms in total. The van der Waals surface area contributed by atoms with E-state index in [9.17, 15) is 13.2 Å². The second-order valence-electron chi connectivity index (χ2n) is 3.10. The van der Waals surface area contributed by atoms with Gasteiger partial charge in [0, 0.05) is 4.90 Å². The van der Waals surface area contributed by atoms with Crippen molar-refractivity contribution in [3.63, 3.8) is 0 Å². The number of benzene rings is 1. The first-order chi connectivity index (χ1) is 6.42. The Hall–Kier alpha value is -0.640. The standard InChI is InChI=1S/C10H11F3S/c1-7-5-8(6-10(11,12)13)3-4-9(7)14-2/h3-5H,6H2,1-2H3. The molecule has 1 aromatic rings. The third-order valence-electron chi connectivity index (χ3n) is 1.86. The van der Waals surface area contributed by atoms with Crippen LogP contribution >= 0.6 is 11.8 Å². The monoisotopic (exact) mass is 220 g/mol. The van der Waals surface area contributed by atoms with Gasteiger partial charge in [-0.3, -0.25) is 0 Å². The molecule has 0 aliphatic carbocycles. The van der Waals surface area contributed by atoms with Crippen molar-refractivity contribution in [3.05, 3.63) is 29.3 Å². The van der Waals surface area contributed by atoms with Gasteiger partial charge in [-0.1, -0.05) is 12.1 Å². The Kier molecular flexibility index (Phi) is 3.48. The largest absolute Gasteiger partial charge is 0.393 e. The van der Waals surface area contributed by atoms with Crippen LogP contribution in [-0.2, 0) is 6.42 Å². The minimum Gasteiger partial charge on any atom is -0.171 e. The van der Waals surface area contributed by atoms with E-state index < -0.39 is 12.6 Å². The van der Waals surface area contributed by atoms with Gasteiger partial charge in [-0.25, -0.2) is 0 Å². The van der Waals surface area contributed by atoms with E-state index in [4.69, 9.17) is 0 Å². The molecule has 0 saturated heterocycles. The van der Waals surface area contributed by atoms with E-state index >= 15 is 0 Å². The van der Waals surface area contributed by atoms with Crippen LogP contribution in [0.1, 0.15) is 11.1 Å². The number of thioether (sulfide) groups is 1. The molecular formula is C10H11F3S. The van der Waals surface area contributed by atoms with Crippen molar-refractivity contribution in [2.75, 3.05) is 6.26 Å². The molecule has 1 rings (SSSR count). The Labute approximate surface area is 85.5 Å². The molecule has 0 atom stereocenters. The van der Waals surface area contributed by atoms with Gasteiger partial charge in [-0.15, -0.1) is 11.8 Å². The highest BCUT2D eigenvalue weighted by Gasteiger charge is 2.27. The summed E-state index contributed by atoms with van der Waals surface area (Å²) in [5.74, 6) is 0. The fourth-order valence-electron chi connectivity index (χ4n) is 1.28. The molecule has 0 radical (unpaired) electrons. The maximum absolute atomic E-state index is 12.1. The van der Waals surface area contributed by atoms with E-state index in [0.29, 0.717) is 5.56 Å². The average molecular weight is 220 g/mol. The highest BCUT2D eigenvalue weighted by Crippen LogP contribution is 2.25. The number of alkyl halides is 3. The number of hydrogen-bond acceptors (Lipinski definition) is 1. The molecule has 0 unspecified atom stereocenters. The molecule has 0 spiro atoms. The van der Waals surface area contributed by atoms with Crippen molar-refractivity contribution in [2.45, 2.75) is 24.4 Å². The number of halogens is 3. The van der Waals surface area contributed by atoms with Crippen LogP contribution in [-0.4, -0.2) is 12.4 Å². The van der Waals surface area contributed by atoms with Gasteiger partial charge < -0.3 is 0 Å². The van der Waals surface area contributed by atoms with Gasteiger partial charge in [0.2, 0.25) is 0 Å². The lowest BCUT2D eigenvalue weighted by molar-refractivity contribution is -0.127. The molecule has 4 heteroatoms. The first-order valence-corrected chi connectivity index (χ1v) is 5.35. The topological polar surface area (TPSA) is 0 Å². The summed E-state index contributed by atoms with van der Waals surface area (Å²) in [6.45, 7) is 1.83. The SMILES string of the molecule is CSc1ccc(CC(F)(F)F)cc1C. The third kappa shape index (κ3) is 3.25. The van der Waals surface area contributed by atoms with Crippen LogP contribution in [0.5, 0.6) is 0 Å². The molecule has 1 aromatic carbocycles. The molecule has 78 valence electrons. The lowest BCUT2D eigenvalue weighted by Crippen LogP contribution is -2.11. The summed E-state index contributed by atoms with van der Waals surface area (Å²) in [6.07, 6.45) is -3.05. The molecule has 0 N–H and O–H groups in total. The van der Waals surface area contributed by atoms with E-state index in [-0.39, 0.29) is 0 Å². The van der Waals surface area contributed by atoms with Crippen LogP contribution in [0.25, 0.3) is 0 Å². The lowest BCUT2D eigenvalue weighted by Gasteiger charge is -2.08. The normalized spacial score (nSPS) is 11.8. The molecule has 0 amide bonds. The zero-order chi connectivity index (χ0) is 10.8. The van der Waals surface area contributed by atoms with Gasteiger partial charge in [-0.05, 0) is 30.4 Å². The van der Waals surface area contributed by atoms with Crippen LogP contribution in [0.4, 0.5) is 13.2 Å². The Balaban J connectivity index is 2.87. The van der Waals surface area contributed by atoms with Gasteiger partial charge in [0.25, 0.3) is 0 Å². The predicted molar refractivity (Wildman–Crippen MR) is 52.7 cm³/mol. The Morgan fingerprint density at radius 2 is 1.93 bits per heavy atom. The number of rotatable bonds is 2. The van der Waals surface area contributed by atoms with Crippen molar-refractivity contribution < 1.29 is 13.2 Å². The van der Waals surface area contributed by atoms with Gasteiger partial charge in [0.15, 0.2) is 0 Å². The zero-order valence-electron chi connectivity index (χ0n) is 7.98. The maximum Gasteiger partial charge on any atom is 0.393 e. The summed E-state index contributed by atoms with van der Waals surface area (Å²) >= 11 is 1.54. The second kappa shape index (κ2) is 4.26. The van der Waals surface area contributed by atoms with Crippen molar-refractivity contribution in [1.82, 2.24) is 0 Å². The fourth-order valence-corrected chi connectivity index (χ4v) is 1.87. The summed E-state index contributed by atoms with van der Waals surface area (Å²) in [6, 6.07) is 4.87. The summed E-state index contributed by atoms with van der Waals surface area (Å²) < 4.78 is 36.2. The van der Waals surface area contributed by atoms with Crippen LogP contribution in [0.15, 0.2) is 23.1 Å². The molecule has 0 bridgehead atoms. The Morgan fingerprint density at radius 1 is 1.29 bits per heavy atom. The van der Waals surface area contributed by atoms with Crippen molar-refractivity contribution in [3.8, 4) is 0 Å². The van der Waals surface area contributed by atoms with Crippen LogP contribution in [0, 0.1) is 6.92 Å². The van der Waals surface area contributed by atoms with Crippen LogP contribution in [0.2, 0.25) is 0 Å². The van der Waals surface area contributed by atoms with Crippen molar-refractivity contribution in [2.24, 2.45) is 0 Å². The van der Waals surface area contributed by atoms with Crippen LogP contribution in [0.3, 0.4) is 0 Å². The number of hydrogen-bond donors (Lipinski definition) is 0. The molecule has 14 heavy (non-hydrogen) atoms. The molecule has 0 heterocycles. The lowest BCUT2D eigenvalue weighted by atomic mass is 10.1. The van der Waals surface area contributed by atoms with Crippen molar-refractivity contribution in [1.29, 1.82) is 0 Å². The zero-order valence-corrected chi connectivity index (χ0v) is 8.80. The summed E-state index contributed by atoms with van der Waals surface area (Å²) in [5.41, 5.74) is 1.23. The first-order valence-electron chi connectivity index (χ1n) is 4.12. The summed E-state index contributed by atoms with van der Waals surface area (Å²) in [4.78, 5) is 1.02. The molecule has 0 fully saturated rings. The summed E-state index contributed by atoms with van der Waals surface area (Å²) in [7, 11) is 0.